The van der Waals surface area contributed by atoms with Gasteiger partial charge in [0, 0.05) is 5.92 Å². The van der Waals surface area contributed by atoms with Gasteiger partial charge in [-0.2, -0.15) is 0 Å². The van der Waals surface area contributed by atoms with Gasteiger partial charge in [-0.1, -0.05) is 33.6 Å². The second-order valence-electron chi connectivity index (χ2n) is 6.65. The lowest BCUT2D eigenvalue weighted by molar-refractivity contribution is -0.154. The van der Waals surface area contributed by atoms with E-state index < -0.39 is 23.8 Å². The molecule has 0 aliphatic heterocycles. The van der Waals surface area contributed by atoms with Gasteiger partial charge in [-0.3, -0.25) is 20.1 Å². The number of carbonyl (C=O) groups excluding carboxylic acids is 3. The Labute approximate surface area is 158 Å². The average molecular weight is 382 g/mol. The molecule has 1 heterocycles. The molecule has 0 aromatic carbocycles. The Kier molecular flexibility index (Phi) is 9.35. The number of unbranched alkanes of at least 4 members (excludes halogenated alkanes) is 1. The molecular formula is C18H27FN4O4. The summed E-state index contributed by atoms with van der Waals surface area (Å²) >= 11 is 0. The third kappa shape index (κ3) is 7.69. The van der Waals surface area contributed by atoms with Gasteiger partial charge < -0.3 is 5.32 Å². The van der Waals surface area contributed by atoms with Gasteiger partial charge >= 0.3 is 6.03 Å². The number of urea groups is 1. The summed E-state index contributed by atoms with van der Waals surface area (Å²) in [5.41, 5.74) is 0. The molecule has 150 valence electrons. The van der Waals surface area contributed by atoms with Crippen molar-refractivity contribution < 1.29 is 24.0 Å². The number of carbonyl (C=O) groups is 3. The Hall–Kier alpha value is -2.55. The first-order chi connectivity index (χ1) is 12.8. The van der Waals surface area contributed by atoms with Crippen LogP contribution in [-0.2, 0) is 9.59 Å². The highest BCUT2D eigenvalue weighted by molar-refractivity contribution is 5.94. The minimum atomic E-state index is -0.813. The van der Waals surface area contributed by atoms with Crippen molar-refractivity contribution in [3.8, 4) is 0 Å². The third-order valence-electron chi connectivity index (χ3n) is 4.07. The fourth-order valence-corrected chi connectivity index (χ4v) is 2.61. The number of anilines is 1. The lowest BCUT2D eigenvalue weighted by Crippen LogP contribution is -2.50. The second-order valence-corrected chi connectivity index (χ2v) is 6.65. The molecule has 8 nitrogen and oxygen atoms in total. The van der Waals surface area contributed by atoms with E-state index in [2.05, 4.69) is 15.6 Å². The van der Waals surface area contributed by atoms with E-state index in [9.17, 15) is 24.0 Å². The number of hydrogen-bond acceptors (Lipinski definition) is 5. The minimum absolute atomic E-state index is 0.131. The number of rotatable bonds is 11. The van der Waals surface area contributed by atoms with Gasteiger partial charge in [0.05, 0.1) is 18.8 Å². The Balaban J connectivity index is 2.82. The van der Waals surface area contributed by atoms with E-state index in [1.165, 1.54) is 6.07 Å². The van der Waals surface area contributed by atoms with E-state index in [-0.39, 0.29) is 30.5 Å². The lowest BCUT2D eigenvalue weighted by Gasteiger charge is -2.27. The summed E-state index contributed by atoms with van der Waals surface area (Å²) in [7, 11) is 0. The summed E-state index contributed by atoms with van der Waals surface area (Å²) in [4.78, 5) is 39.5. The van der Waals surface area contributed by atoms with Crippen LogP contribution in [0.5, 0.6) is 0 Å². The Morgan fingerprint density at radius 3 is 2.59 bits per heavy atom. The molecule has 1 rings (SSSR count). The predicted molar refractivity (Wildman–Crippen MR) is 97.6 cm³/mol. The summed E-state index contributed by atoms with van der Waals surface area (Å²) in [5.74, 6) is -1.46. The molecule has 1 aromatic heterocycles. The number of nitrogens with one attached hydrogen (secondary N) is 2. The summed E-state index contributed by atoms with van der Waals surface area (Å²) in [6.45, 7) is 5.41. The third-order valence-corrected chi connectivity index (χ3v) is 4.07. The highest BCUT2D eigenvalue weighted by Crippen LogP contribution is 2.17. The lowest BCUT2D eigenvalue weighted by atomic mass is 9.87. The number of Topliss-reactive ketones (excluding diaryl/α,β-unsaturated/α-hetero) is 1. The van der Waals surface area contributed by atoms with E-state index in [4.69, 9.17) is 0 Å². The molecule has 0 fully saturated rings. The van der Waals surface area contributed by atoms with E-state index in [1.807, 2.05) is 6.92 Å². The van der Waals surface area contributed by atoms with Crippen molar-refractivity contribution in [3.05, 3.63) is 24.1 Å². The number of amides is 3. The maximum Gasteiger partial charge on any atom is 0.320 e. The molecule has 0 saturated carbocycles. The minimum Gasteiger partial charge on any atom is -0.328 e. The van der Waals surface area contributed by atoms with Crippen molar-refractivity contribution in [1.82, 2.24) is 15.4 Å². The van der Waals surface area contributed by atoms with Crippen molar-refractivity contribution in [3.63, 3.8) is 0 Å². The van der Waals surface area contributed by atoms with E-state index in [0.29, 0.717) is 11.5 Å². The average Bonchev–Trinajstić information content (AvgIpc) is 2.64. The number of aromatic nitrogens is 1. The molecule has 0 aliphatic rings. The van der Waals surface area contributed by atoms with Crippen molar-refractivity contribution >= 4 is 24.0 Å². The quantitative estimate of drug-likeness (QED) is 0.309. The molecule has 0 spiro atoms. The Morgan fingerprint density at radius 2 is 2.07 bits per heavy atom. The molecule has 27 heavy (non-hydrogen) atoms. The Morgan fingerprint density at radius 1 is 1.37 bits per heavy atom. The fraction of sp³-hybridized carbons (Fsp3) is 0.556. The summed E-state index contributed by atoms with van der Waals surface area (Å²) in [6.07, 6.45) is 3.31. The molecule has 3 amide bonds. The van der Waals surface area contributed by atoms with Crippen molar-refractivity contribution in [2.24, 2.45) is 11.8 Å². The zero-order chi connectivity index (χ0) is 20.4. The van der Waals surface area contributed by atoms with Crippen molar-refractivity contribution in [2.75, 3.05) is 11.9 Å². The SMILES string of the molecule is CCCC[C@H](CN(O)C=O)C(=O)[C@@H](NC(=O)Nc1ccc(F)cn1)C(C)C. The van der Waals surface area contributed by atoms with E-state index >= 15 is 0 Å². The largest absolute Gasteiger partial charge is 0.328 e. The van der Waals surface area contributed by atoms with E-state index in [0.717, 1.165) is 25.1 Å². The summed E-state index contributed by atoms with van der Waals surface area (Å²) in [6, 6.07) is 1.00. The van der Waals surface area contributed by atoms with E-state index in [1.54, 1.807) is 13.8 Å². The molecule has 9 heteroatoms. The number of hydroxylamine groups is 2. The number of pyridine rings is 1. The van der Waals surface area contributed by atoms with Crippen LogP contribution in [0.4, 0.5) is 15.0 Å². The van der Waals surface area contributed by atoms with Gasteiger partial charge in [-0.25, -0.2) is 19.2 Å². The second kappa shape index (κ2) is 11.2. The first-order valence-electron chi connectivity index (χ1n) is 8.92. The molecule has 0 aliphatic carbocycles. The van der Waals surface area contributed by atoms with Crippen LogP contribution in [0.2, 0.25) is 0 Å². The predicted octanol–water partition coefficient (Wildman–Crippen LogP) is 2.59. The van der Waals surface area contributed by atoms with Crippen molar-refractivity contribution in [1.29, 1.82) is 0 Å². The topological polar surface area (TPSA) is 112 Å². The van der Waals surface area contributed by atoms with Gasteiger partial charge in [0.1, 0.15) is 11.6 Å². The van der Waals surface area contributed by atoms with Gasteiger partial charge in [-0.05, 0) is 24.5 Å². The highest BCUT2D eigenvalue weighted by Gasteiger charge is 2.31. The van der Waals surface area contributed by atoms with Crippen LogP contribution < -0.4 is 10.6 Å². The standard InChI is InChI=1S/C18H27FN4O4/c1-4-5-6-13(10-23(27)11-24)17(25)16(12(2)3)22-18(26)21-15-8-7-14(19)9-20-15/h7-9,11-13,16,27H,4-6,10H2,1-3H3,(H2,20,21,22,26)/t13-,16+/m1/s1. The molecule has 3 N–H and O–H groups in total. The molecule has 2 atom stereocenters. The zero-order valence-corrected chi connectivity index (χ0v) is 15.8. The first-order valence-corrected chi connectivity index (χ1v) is 8.92. The van der Waals surface area contributed by atoms with Gasteiger partial charge in [-0.15, -0.1) is 0 Å². The highest BCUT2D eigenvalue weighted by atomic mass is 19.1. The van der Waals surface area contributed by atoms with Crippen LogP contribution in [0.25, 0.3) is 0 Å². The smallest absolute Gasteiger partial charge is 0.320 e. The van der Waals surface area contributed by atoms with Crippen LogP contribution in [0.3, 0.4) is 0 Å². The first kappa shape index (κ1) is 22.5. The maximum atomic E-state index is 12.9. The summed E-state index contributed by atoms with van der Waals surface area (Å²) < 4.78 is 12.9. The van der Waals surface area contributed by atoms with Gasteiger partial charge in [0.2, 0.25) is 6.41 Å². The molecule has 0 bridgehead atoms. The van der Waals surface area contributed by atoms with Gasteiger partial charge in [0.25, 0.3) is 0 Å². The molecule has 0 radical (unpaired) electrons. The Bertz CT molecular complexity index is 624. The summed E-state index contributed by atoms with van der Waals surface area (Å²) in [5, 5.41) is 15.0. The molecule has 0 saturated heterocycles. The molecular weight excluding hydrogens is 355 g/mol. The van der Waals surface area contributed by atoms with Crippen molar-refractivity contribution in [2.45, 2.75) is 46.1 Å². The van der Waals surface area contributed by atoms with Crippen LogP contribution >= 0.6 is 0 Å². The van der Waals surface area contributed by atoms with Crippen LogP contribution in [-0.4, -0.2) is 46.1 Å². The van der Waals surface area contributed by atoms with Crippen LogP contribution in [0, 0.1) is 17.7 Å². The normalized spacial score (nSPS) is 13.0. The van der Waals surface area contributed by atoms with Crippen LogP contribution in [0.15, 0.2) is 18.3 Å². The molecule has 0 unspecified atom stereocenters. The monoisotopic (exact) mass is 382 g/mol. The van der Waals surface area contributed by atoms with Gasteiger partial charge in [0.15, 0.2) is 5.78 Å². The number of halogens is 1. The number of hydrogen-bond donors (Lipinski definition) is 3. The van der Waals surface area contributed by atoms with Crippen LogP contribution in [0.1, 0.15) is 40.0 Å². The number of nitrogens with zero attached hydrogens (tertiary/aromatic N) is 2. The number of ketones is 1. The maximum absolute atomic E-state index is 12.9. The molecule has 1 aromatic rings. The fourth-order valence-electron chi connectivity index (χ4n) is 2.61. The zero-order valence-electron chi connectivity index (χ0n) is 15.8.